The summed E-state index contributed by atoms with van der Waals surface area (Å²) in [6, 6.07) is 11.4. The fraction of sp³-hybridized carbons (Fsp3) is 0.294. The third-order valence-electron chi connectivity index (χ3n) is 3.05. The van der Waals surface area contributed by atoms with Crippen LogP contribution in [-0.4, -0.2) is 16.6 Å². The van der Waals surface area contributed by atoms with Crippen molar-refractivity contribution < 1.29 is 4.79 Å². The number of carbonyl (C=O) groups excluding carboxylic acids is 1. The number of benzene rings is 1. The van der Waals surface area contributed by atoms with Crippen molar-refractivity contribution in [3.63, 3.8) is 0 Å². The van der Waals surface area contributed by atoms with Gasteiger partial charge in [-0.2, -0.15) is 11.8 Å². The number of thioether (sulfide) groups is 1. The first kappa shape index (κ1) is 15.6. The average molecular weight is 300 g/mol. The van der Waals surface area contributed by atoms with Gasteiger partial charge in [0.25, 0.3) is 5.91 Å². The molecule has 1 aromatic heterocycles. The van der Waals surface area contributed by atoms with E-state index in [1.807, 2.05) is 42.1 Å². The molecular weight excluding hydrogens is 280 g/mol. The van der Waals surface area contributed by atoms with E-state index in [0.717, 1.165) is 5.75 Å². The summed E-state index contributed by atoms with van der Waals surface area (Å²) in [5, 5.41) is 2.83. The second kappa shape index (κ2) is 8.47. The summed E-state index contributed by atoms with van der Waals surface area (Å²) in [6.45, 7) is 2.20. The second-order valence-electron chi connectivity index (χ2n) is 4.80. The molecule has 1 N–H and O–H groups in total. The molecule has 21 heavy (non-hydrogen) atoms. The number of hydrogen-bond acceptors (Lipinski definition) is 3. The predicted octanol–water partition coefficient (Wildman–Crippen LogP) is 4.37. The highest BCUT2D eigenvalue weighted by Gasteiger charge is 2.05. The highest BCUT2D eigenvalue weighted by atomic mass is 32.2. The number of anilines is 1. The first-order valence-electron chi connectivity index (χ1n) is 7.17. The molecule has 0 aliphatic carbocycles. The molecule has 1 aromatic carbocycles. The molecule has 110 valence electrons. The number of rotatable bonds is 7. The van der Waals surface area contributed by atoms with E-state index in [4.69, 9.17) is 0 Å². The molecule has 1 amide bonds. The van der Waals surface area contributed by atoms with Gasteiger partial charge in [0.1, 0.15) is 0 Å². The largest absolute Gasteiger partial charge is 0.321 e. The molecule has 0 saturated carbocycles. The molecule has 0 fully saturated rings. The van der Waals surface area contributed by atoms with Gasteiger partial charge in [0.05, 0.1) is 11.9 Å². The van der Waals surface area contributed by atoms with Crippen molar-refractivity contribution in [1.29, 1.82) is 0 Å². The van der Waals surface area contributed by atoms with Crippen molar-refractivity contribution in [2.75, 3.05) is 11.1 Å². The van der Waals surface area contributed by atoms with Crippen LogP contribution >= 0.6 is 11.8 Å². The first-order valence-corrected chi connectivity index (χ1v) is 8.33. The van der Waals surface area contributed by atoms with Crippen molar-refractivity contribution in [2.24, 2.45) is 0 Å². The van der Waals surface area contributed by atoms with Gasteiger partial charge < -0.3 is 5.32 Å². The molecule has 0 spiro atoms. The number of amides is 1. The summed E-state index contributed by atoms with van der Waals surface area (Å²) in [6.07, 6.45) is 5.81. The van der Waals surface area contributed by atoms with Crippen LogP contribution in [-0.2, 0) is 5.75 Å². The lowest BCUT2D eigenvalue weighted by Gasteiger charge is -2.06. The molecule has 0 aliphatic heterocycles. The van der Waals surface area contributed by atoms with Crippen LogP contribution in [0.2, 0.25) is 0 Å². The average Bonchev–Trinajstić information content (AvgIpc) is 2.53. The molecular formula is C17H20N2OS. The molecule has 0 saturated heterocycles. The fourth-order valence-corrected chi connectivity index (χ4v) is 2.89. The summed E-state index contributed by atoms with van der Waals surface area (Å²) in [5.74, 6) is 2.10. The normalized spacial score (nSPS) is 10.3. The Bertz CT molecular complexity index is 555. The number of carbonyl (C=O) groups is 1. The SMILES string of the molecule is CCCCSCc1ccc(C(=O)Nc2cccnc2)cc1. The number of nitrogens with one attached hydrogen (secondary N) is 1. The van der Waals surface area contributed by atoms with E-state index < -0.39 is 0 Å². The van der Waals surface area contributed by atoms with Crippen molar-refractivity contribution in [3.05, 3.63) is 59.9 Å². The maximum Gasteiger partial charge on any atom is 0.255 e. The van der Waals surface area contributed by atoms with Gasteiger partial charge in [-0.15, -0.1) is 0 Å². The zero-order valence-corrected chi connectivity index (χ0v) is 13.0. The summed E-state index contributed by atoms with van der Waals surface area (Å²) >= 11 is 1.94. The van der Waals surface area contributed by atoms with Crippen molar-refractivity contribution >= 4 is 23.4 Å². The molecule has 0 unspecified atom stereocenters. The Kier molecular flexibility index (Phi) is 6.28. The Labute approximate surface area is 130 Å². The highest BCUT2D eigenvalue weighted by molar-refractivity contribution is 7.98. The first-order chi connectivity index (χ1) is 10.3. The zero-order chi connectivity index (χ0) is 14.9. The summed E-state index contributed by atoms with van der Waals surface area (Å²) in [4.78, 5) is 16.1. The summed E-state index contributed by atoms with van der Waals surface area (Å²) in [7, 11) is 0. The minimum atomic E-state index is -0.104. The maximum atomic E-state index is 12.1. The Hall–Kier alpha value is -1.81. The van der Waals surface area contributed by atoms with Gasteiger partial charge in [-0.05, 0) is 42.0 Å². The lowest BCUT2D eigenvalue weighted by Crippen LogP contribution is -2.11. The van der Waals surface area contributed by atoms with E-state index in [0.29, 0.717) is 11.3 Å². The van der Waals surface area contributed by atoms with E-state index in [1.165, 1.54) is 24.2 Å². The zero-order valence-electron chi connectivity index (χ0n) is 12.2. The van der Waals surface area contributed by atoms with Crippen LogP contribution in [0, 0.1) is 0 Å². The molecule has 3 nitrogen and oxygen atoms in total. The predicted molar refractivity (Wildman–Crippen MR) is 89.7 cm³/mol. The third-order valence-corrected chi connectivity index (χ3v) is 4.16. The number of hydrogen-bond donors (Lipinski definition) is 1. The Morgan fingerprint density at radius 3 is 2.71 bits per heavy atom. The quantitative estimate of drug-likeness (QED) is 0.772. The molecule has 1 heterocycles. The molecule has 2 aromatic rings. The number of nitrogens with zero attached hydrogens (tertiary/aromatic N) is 1. The third kappa shape index (κ3) is 5.23. The van der Waals surface area contributed by atoms with Crippen LogP contribution in [0.4, 0.5) is 5.69 Å². The van der Waals surface area contributed by atoms with Crippen LogP contribution in [0.1, 0.15) is 35.7 Å². The van der Waals surface area contributed by atoms with Gasteiger partial charge in [0, 0.05) is 17.5 Å². The van der Waals surface area contributed by atoms with E-state index in [1.54, 1.807) is 18.5 Å². The lowest BCUT2D eigenvalue weighted by atomic mass is 10.1. The van der Waals surface area contributed by atoms with Crippen molar-refractivity contribution in [1.82, 2.24) is 4.98 Å². The van der Waals surface area contributed by atoms with Gasteiger partial charge >= 0.3 is 0 Å². The molecule has 0 radical (unpaired) electrons. The molecule has 0 aliphatic rings. The van der Waals surface area contributed by atoms with Crippen molar-refractivity contribution in [3.8, 4) is 0 Å². The topological polar surface area (TPSA) is 42.0 Å². The number of pyridine rings is 1. The lowest BCUT2D eigenvalue weighted by molar-refractivity contribution is 0.102. The smallest absolute Gasteiger partial charge is 0.255 e. The Balaban J connectivity index is 1.88. The molecule has 0 bridgehead atoms. The Morgan fingerprint density at radius 2 is 2.05 bits per heavy atom. The van der Waals surface area contributed by atoms with Crippen LogP contribution < -0.4 is 5.32 Å². The Morgan fingerprint density at radius 1 is 1.24 bits per heavy atom. The monoisotopic (exact) mass is 300 g/mol. The van der Waals surface area contributed by atoms with Gasteiger partial charge in [-0.3, -0.25) is 9.78 Å². The van der Waals surface area contributed by atoms with E-state index >= 15 is 0 Å². The van der Waals surface area contributed by atoms with Crippen LogP contribution in [0.3, 0.4) is 0 Å². The molecule has 0 atom stereocenters. The van der Waals surface area contributed by atoms with Crippen LogP contribution in [0.15, 0.2) is 48.8 Å². The van der Waals surface area contributed by atoms with E-state index in [-0.39, 0.29) is 5.91 Å². The summed E-state index contributed by atoms with van der Waals surface area (Å²) < 4.78 is 0. The summed E-state index contributed by atoms with van der Waals surface area (Å²) in [5.41, 5.74) is 2.64. The maximum absolute atomic E-state index is 12.1. The molecule has 2 rings (SSSR count). The van der Waals surface area contributed by atoms with E-state index in [2.05, 4.69) is 17.2 Å². The van der Waals surface area contributed by atoms with Gasteiger partial charge in [-0.1, -0.05) is 25.5 Å². The fourth-order valence-electron chi connectivity index (χ4n) is 1.83. The number of aromatic nitrogens is 1. The van der Waals surface area contributed by atoms with Gasteiger partial charge in [0.15, 0.2) is 0 Å². The van der Waals surface area contributed by atoms with E-state index in [9.17, 15) is 4.79 Å². The van der Waals surface area contributed by atoms with Crippen molar-refractivity contribution in [2.45, 2.75) is 25.5 Å². The van der Waals surface area contributed by atoms with Crippen LogP contribution in [0.25, 0.3) is 0 Å². The minimum absolute atomic E-state index is 0.104. The second-order valence-corrected chi connectivity index (χ2v) is 5.90. The number of unbranched alkanes of at least 4 members (excludes halogenated alkanes) is 1. The minimum Gasteiger partial charge on any atom is -0.321 e. The van der Waals surface area contributed by atoms with Gasteiger partial charge in [0.2, 0.25) is 0 Å². The molecule has 4 heteroatoms. The standard InChI is InChI=1S/C17H20N2OS/c1-2-3-11-21-13-14-6-8-15(9-7-14)17(20)19-16-5-4-10-18-12-16/h4-10,12H,2-3,11,13H2,1H3,(H,19,20). The van der Waals surface area contributed by atoms with Crippen LogP contribution in [0.5, 0.6) is 0 Å². The van der Waals surface area contributed by atoms with Gasteiger partial charge in [-0.25, -0.2) is 0 Å². The highest BCUT2D eigenvalue weighted by Crippen LogP contribution is 2.15.